The first-order valence-corrected chi connectivity index (χ1v) is 5.92. The summed E-state index contributed by atoms with van der Waals surface area (Å²) in [7, 11) is 0. The van der Waals surface area contributed by atoms with Gasteiger partial charge in [0.1, 0.15) is 0 Å². The van der Waals surface area contributed by atoms with Crippen LogP contribution in [0.4, 0.5) is 0 Å². The van der Waals surface area contributed by atoms with Crippen molar-refractivity contribution in [1.29, 1.82) is 0 Å². The van der Waals surface area contributed by atoms with Crippen molar-refractivity contribution < 1.29 is 9.59 Å². The van der Waals surface area contributed by atoms with Crippen molar-refractivity contribution in [1.82, 2.24) is 10.6 Å². The van der Waals surface area contributed by atoms with E-state index in [1.165, 1.54) is 0 Å². The number of nitrogens with two attached hydrogens (primary N) is 1. The summed E-state index contributed by atoms with van der Waals surface area (Å²) < 4.78 is 0. The monoisotopic (exact) mass is 269 g/mol. The SMILES string of the molecule is CC(NC(=O)CNC(=O)CN)c1ccc(Cl)cc1. The van der Waals surface area contributed by atoms with Crippen LogP contribution in [0.3, 0.4) is 0 Å². The second-order valence-corrected chi connectivity index (χ2v) is 4.26. The molecule has 1 atom stereocenters. The van der Waals surface area contributed by atoms with E-state index in [0.717, 1.165) is 5.56 Å². The van der Waals surface area contributed by atoms with Crippen molar-refractivity contribution in [3.8, 4) is 0 Å². The summed E-state index contributed by atoms with van der Waals surface area (Å²) in [5.74, 6) is -0.622. The van der Waals surface area contributed by atoms with E-state index in [1.807, 2.05) is 19.1 Å². The van der Waals surface area contributed by atoms with Crippen molar-refractivity contribution in [2.75, 3.05) is 13.1 Å². The summed E-state index contributed by atoms with van der Waals surface area (Å²) >= 11 is 5.78. The van der Waals surface area contributed by atoms with Crippen molar-refractivity contribution in [3.63, 3.8) is 0 Å². The van der Waals surface area contributed by atoms with Crippen LogP contribution >= 0.6 is 11.6 Å². The first-order chi connectivity index (χ1) is 8.52. The molecule has 0 bridgehead atoms. The van der Waals surface area contributed by atoms with Gasteiger partial charge in [0.05, 0.1) is 19.1 Å². The van der Waals surface area contributed by atoms with Gasteiger partial charge < -0.3 is 16.4 Å². The van der Waals surface area contributed by atoms with Gasteiger partial charge in [-0.2, -0.15) is 0 Å². The molecule has 0 spiro atoms. The van der Waals surface area contributed by atoms with Gasteiger partial charge >= 0.3 is 0 Å². The molecule has 0 fully saturated rings. The molecule has 0 aliphatic carbocycles. The highest BCUT2D eigenvalue weighted by atomic mass is 35.5. The fourth-order valence-electron chi connectivity index (χ4n) is 1.38. The lowest BCUT2D eigenvalue weighted by Gasteiger charge is -2.14. The molecule has 0 heterocycles. The Bertz CT molecular complexity index is 420. The van der Waals surface area contributed by atoms with Gasteiger partial charge in [0.2, 0.25) is 11.8 Å². The number of carbonyl (C=O) groups excluding carboxylic acids is 2. The van der Waals surface area contributed by atoms with Crippen LogP contribution in [0.25, 0.3) is 0 Å². The molecule has 2 amide bonds. The lowest BCUT2D eigenvalue weighted by atomic mass is 10.1. The van der Waals surface area contributed by atoms with Gasteiger partial charge in [-0.1, -0.05) is 23.7 Å². The number of hydrogen-bond acceptors (Lipinski definition) is 3. The maximum Gasteiger partial charge on any atom is 0.239 e. The Kier molecular flexibility index (Phi) is 5.61. The zero-order valence-corrected chi connectivity index (χ0v) is 10.8. The first kappa shape index (κ1) is 14.5. The van der Waals surface area contributed by atoms with Crippen LogP contribution in [-0.2, 0) is 9.59 Å². The highest BCUT2D eigenvalue weighted by molar-refractivity contribution is 6.30. The number of amides is 2. The smallest absolute Gasteiger partial charge is 0.239 e. The van der Waals surface area contributed by atoms with Crippen LogP contribution in [0.1, 0.15) is 18.5 Å². The van der Waals surface area contributed by atoms with Crippen LogP contribution < -0.4 is 16.4 Å². The van der Waals surface area contributed by atoms with Gasteiger partial charge in [-0.05, 0) is 24.6 Å². The van der Waals surface area contributed by atoms with Crippen LogP contribution in [0.15, 0.2) is 24.3 Å². The summed E-state index contributed by atoms with van der Waals surface area (Å²) in [5.41, 5.74) is 6.05. The zero-order valence-electron chi connectivity index (χ0n) is 10.1. The second kappa shape index (κ2) is 6.98. The summed E-state index contributed by atoms with van der Waals surface area (Å²) in [6.07, 6.45) is 0. The Morgan fingerprint density at radius 1 is 1.28 bits per heavy atom. The first-order valence-electron chi connectivity index (χ1n) is 5.54. The summed E-state index contributed by atoms with van der Waals surface area (Å²) in [4.78, 5) is 22.4. The predicted octanol–water partition coefficient (Wildman–Crippen LogP) is 0.592. The van der Waals surface area contributed by atoms with Crippen LogP contribution in [0.5, 0.6) is 0 Å². The second-order valence-electron chi connectivity index (χ2n) is 3.82. The Labute approximate surface area is 111 Å². The van der Waals surface area contributed by atoms with E-state index in [2.05, 4.69) is 10.6 Å². The number of rotatable bonds is 5. The molecule has 1 aromatic carbocycles. The van der Waals surface area contributed by atoms with E-state index in [9.17, 15) is 9.59 Å². The topological polar surface area (TPSA) is 84.2 Å². The molecule has 0 aromatic heterocycles. The minimum Gasteiger partial charge on any atom is -0.348 e. The summed E-state index contributed by atoms with van der Waals surface area (Å²) in [5, 5.41) is 5.80. The minimum atomic E-state index is -0.357. The fourth-order valence-corrected chi connectivity index (χ4v) is 1.50. The molecular weight excluding hydrogens is 254 g/mol. The molecule has 98 valence electrons. The van der Waals surface area contributed by atoms with Gasteiger partial charge in [-0.25, -0.2) is 0 Å². The quantitative estimate of drug-likeness (QED) is 0.732. The molecule has 5 nitrogen and oxygen atoms in total. The van der Waals surface area contributed by atoms with Gasteiger partial charge in [0.15, 0.2) is 0 Å². The molecule has 4 N–H and O–H groups in total. The van der Waals surface area contributed by atoms with E-state index in [1.54, 1.807) is 12.1 Å². The highest BCUT2D eigenvalue weighted by Crippen LogP contribution is 2.15. The van der Waals surface area contributed by atoms with E-state index >= 15 is 0 Å². The number of nitrogens with one attached hydrogen (secondary N) is 2. The van der Waals surface area contributed by atoms with Crippen LogP contribution in [0, 0.1) is 0 Å². The molecule has 0 aliphatic rings. The van der Waals surface area contributed by atoms with E-state index in [4.69, 9.17) is 17.3 Å². The van der Waals surface area contributed by atoms with Crippen LogP contribution in [-0.4, -0.2) is 24.9 Å². The van der Waals surface area contributed by atoms with Crippen molar-refractivity contribution in [2.24, 2.45) is 5.73 Å². The number of halogens is 1. The van der Waals surface area contributed by atoms with Crippen molar-refractivity contribution >= 4 is 23.4 Å². The summed E-state index contributed by atoms with van der Waals surface area (Å²) in [6.45, 7) is 1.65. The van der Waals surface area contributed by atoms with Gasteiger partial charge in [-0.3, -0.25) is 9.59 Å². The highest BCUT2D eigenvalue weighted by Gasteiger charge is 2.09. The molecule has 0 saturated carbocycles. The van der Waals surface area contributed by atoms with Crippen LogP contribution in [0.2, 0.25) is 5.02 Å². The van der Waals surface area contributed by atoms with Crippen molar-refractivity contribution in [2.45, 2.75) is 13.0 Å². The number of benzene rings is 1. The molecule has 1 unspecified atom stereocenters. The normalized spacial score (nSPS) is 11.7. The predicted molar refractivity (Wildman–Crippen MR) is 70.1 cm³/mol. The Morgan fingerprint density at radius 3 is 2.44 bits per heavy atom. The molecule has 18 heavy (non-hydrogen) atoms. The molecular formula is C12H16ClN3O2. The molecule has 0 saturated heterocycles. The number of carbonyl (C=O) groups is 2. The third-order valence-corrected chi connectivity index (χ3v) is 2.63. The molecule has 0 radical (unpaired) electrons. The van der Waals surface area contributed by atoms with Gasteiger partial charge in [0, 0.05) is 5.02 Å². The molecule has 1 rings (SSSR count). The average Bonchev–Trinajstić information content (AvgIpc) is 2.36. The van der Waals surface area contributed by atoms with E-state index in [0.29, 0.717) is 5.02 Å². The molecule has 1 aromatic rings. The lowest BCUT2D eigenvalue weighted by Crippen LogP contribution is -2.40. The largest absolute Gasteiger partial charge is 0.348 e. The van der Waals surface area contributed by atoms with E-state index in [-0.39, 0.29) is 30.9 Å². The third-order valence-electron chi connectivity index (χ3n) is 2.38. The molecule has 6 heteroatoms. The lowest BCUT2D eigenvalue weighted by molar-refractivity contribution is -0.125. The Balaban J connectivity index is 2.44. The van der Waals surface area contributed by atoms with E-state index < -0.39 is 0 Å². The standard InChI is InChI=1S/C12H16ClN3O2/c1-8(9-2-4-10(13)5-3-9)16-12(18)7-15-11(17)6-14/h2-5,8H,6-7,14H2,1H3,(H,15,17)(H,16,18). The number of hydrogen-bond donors (Lipinski definition) is 3. The Morgan fingerprint density at radius 2 is 1.89 bits per heavy atom. The van der Waals surface area contributed by atoms with Crippen molar-refractivity contribution in [3.05, 3.63) is 34.9 Å². The Hall–Kier alpha value is -1.59. The maximum absolute atomic E-state index is 11.5. The third kappa shape index (κ3) is 4.73. The minimum absolute atomic E-state index is 0.0754. The zero-order chi connectivity index (χ0) is 13.5. The maximum atomic E-state index is 11.5. The van der Waals surface area contributed by atoms with Gasteiger partial charge in [0.25, 0.3) is 0 Å². The fraction of sp³-hybridized carbons (Fsp3) is 0.333. The average molecular weight is 270 g/mol. The molecule has 0 aliphatic heterocycles. The van der Waals surface area contributed by atoms with Gasteiger partial charge in [-0.15, -0.1) is 0 Å². The summed E-state index contributed by atoms with van der Waals surface area (Å²) in [6, 6.07) is 7.05.